The summed E-state index contributed by atoms with van der Waals surface area (Å²) in [6, 6.07) is 11.7. The summed E-state index contributed by atoms with van der Waals surface area (Å²) in [7, 11) is 0. The van der Waals surface area contributed by atoms with Gasteiger partial charge in [0.15, 0.2) is 0 Å². The van der Waals surface area contributed by atoms with E-state index >= 15 is 0 Å². The van der Waals surface area contributed by atoms with Gasteiger partial charge in [-0.05, 0) is 48.5 Å². The summed E-state index contributed by atoms with van der Waals surface area (Å²) in [4.78, 5) is 36.9. The van der Waals surface area contributed by atoms with Crippen LogP contribution in [0.2, 0.25) is 5.02 Å². The van der Waals surface area contributed by atoms with Crippen LogP contribution in [-0.2, 0) is 11.3 Å². The first-order valence-electron chi connectivity index (χ1n) is 9.27. The lowest BCUT2D eigenvalue weighted by molar-refractivity contribution is -0.385. The lowest BCUT2D eigenvalue weighted by Crippen LogP contribution is -2.27. The number of carbonyl (C=O) groups excluding carboxylic acids is 2. The van der Waals surface area contributed by atoms with E-state index in [2.05, 4.69) is 0 Å². The first-order chi connectivity index (χ1) is 15.2. The molecule has 0 atom stereocenters. The molecular weight excluding hydrogens is 459 g/mol. The number of halogens is 2. The van der Waals surface area contributed by atoms with Crippen molar-refractivity contribution in [2.24, 2.45) is 0 Å². The zero-order chi connectivity index (χ0) is 23.0. The number of rotatable bonds is 5. The highest BCUT2D eigenvalue weighted by molar-refractivity contribution is 8.18. The molecule has 0 N–H and O–H groups in total. The summed E-state index contributed by atoms with van der Waals surface area (Å²) in [5, 5.41) is 10.8. The molecule has 1 aromatic heterocycles. The molecule has 0 unspecified atom stereocenters. The second-order valence-corrected chi connectivity index (χ2v) is 8.36. The highest BCUT2D eigenvalue weighted by Crippen LogP contribution is 2.35. The first-order valence-corrected chi connectivity index (χ1v) is 10.5. The summed E-state index contributed by atoms with van der Waals surface area (Å²) in [5.41, 5.74) is 1.46. The molecule has 0 saturated carbocycles. The van der Waals surface area contributed by atoms with Gasteiger partial charge in [-0.3, -0.25) is 24.6 Å². The maximum atomic E-state index is 13.2. The summed E-state index contributed by atoms with van der Waals surface area (Å²) in [6.07, 6.45) is 1.43. The summed E-state index contributed by atoms with van der Waals surface area (Å²) in [6.45, 7) is 1.56. The monoisotopic (exact) mass is 472 g/mol. The molecule has 0 spiro atoms. The van der Waals surface area contributed by atoms with Crippen LogP contribution in [0.4, 0.5) is 14.9 Å². The lowest BCUT2D eigenvalue weighted by atomic mass is 10.1. The van der Waals surface area contributed by atoms with Gasteiger partial charge in [-0.1, -0.05) is 29.8 Å². The molecule has 162 valence electrons. The third-order valence-electron chi connectivity index (χ3n) is 4.81. The van der Waals surface area contributed by atoms with Crippen LogP contribution in [0.5, 0.6) is 0 Å². The number of hydrogen-bond acceptors (Lipinski definition) is 6. The van der Waals surface area contributed by atoms with Crippen molar-refractivity contribution in [3.8, 4) is 11.3 Å². The Morgan fingerprint density at radius 3 is 2.69 bits per heavy atom. The molecular formula is C22H14ClFN2O5S. The quantitative estimate of drug-likeness (QED) is 0.249. The number of carbonyl (C=O) groups is 2. The SMILES string of the molecule is Cc1ccc(-c2ccc(/C=C3/SC(=O)N(Cc4ccc(F)cc4Cl)C3=O)o2)cc1[N+](=O)[O-]. The van der Waals surface area contributed by atoms with Crippen LogP contribution in [0.25, 0.3) is 17.4 Å². The zero-order valence-electron chi connectivity index (χ0n) is 16.5. The second-order valence-electron chi connectivity index (χ2n) is 6.96. The molecule has 1 saturated heterocycles. The molecule has 2 aromatic carbocycles. The molecule has 0 radical (unpaired) electrons. The van der Waals surface area contributed by atoms with Crippen LogP contribution < -0.4 is 0 Å². The fraction of sp³-hybridized carbons (Fsp3) is 0.0909. The smallest absolute Gasteiger partial charge is 0.293 e. The van der Waals surface area contributed by atoms with Crippen molar-refractivity contribution < 1.29 is 23.3 Å². The Bertz CT molecular complexity index is 1300. The van der Waals surface area contributed by atoms with Crippen molar-refractivity contribution in [3.05, 3.63) is 91.3 Å². The number of nitro benzene ring substituents is 1. The number of hydrogen-bond donors (Lipinski definition) is 0. The van der Waals surface area contributed by atoms with Gasteiger partial charge in [0.2, 0.25) is 0 Å². The Labute approximate surface area is 190 Å². The second kappa shape index (κ2) is 8.60. The summed E-state index contributed by atoms with van der Waals surface area (Å²) >= 11 is 6.75. The van der Waals surface area contributed by atoms with E-state index in [4.69, 9.17) is 16.0 Å². The maximum absolute atomic E-state index is 13.2. The number of nitro groups is 1. The Kier molecular flexibility index (Phi) is 5.86. The Balaban J connectivity index is 1.56. The Morgan fingerprint density at radius 2 is 1.97 bits per heavy atom. The minimum Gasteiger partial charge on any atom is -0.457 e. The van der Waals surface area contributed by atoms with Crippen LogP contribution in [0.15, 0.2) is 57.9 Å². The zero-order valence-corrected chi connectivity index (χ0v) is 18.1. The van der Waals surface area contributed by atoms with Crippen molar-refractivity contribution in [2.45, 2.75) is 13.5 Å². The predicted molar refractivity (Wildman–Crippen MR) is 118 cm³/mol. The van der Waals surface area contributed by atoms with Crippen molar-refractivity contribution in [3.63, 3.8) is 0 Å². The van der Waals surface area contributed by atoms with Gasteiger partial charge < -0.3 is 4.42 Å². The van der Waals surface area contributed by atoms with Gasteiger partial charge in [-0.25, -0.2) is 4.39 Å². The average Bonchev–Trinajstić information content (AvgIpc) is 3.30. The number of nitrogens with zero attached hydrogens (tertiary/aromatic N) is 2. The average molecular weight is 473 g/mol. The Morgan fingerprint density at radius 1 is 1.19 bits per heavy atom. The largest absolute Gasteiger partial charge is 0.457 e. The van der Waals surface area contributed by atoms with Crippen LogP contribution >= 0.6 is 23.4 Å². The maximum Gasteiger partial charge on any atom is 0.293 e. The molecule has 0 aliphatic carbocycles. The van der Waals surface area contributed by atoms with E-state index in [1.807, 2.05) is 0 Å². The minimum atomic E-state index is -0.524. The van der Waals surface area contributed by atoms with E-state index < -0.39 is 21.9 Å². The molecule has 1 aliphatic rings. The van der Waals surface area contributed by atoms with Crippen molar-refractivity contribution in [1.29, 1.82) is 0 Å². The number of aryl methyl sites for hydroxylation is 1. The van der Waals surface area contributed by atoms with Crippen LogP contribution in [-0.4, -0.2) is 21.0 Å². The van der Waals surface area contributed by atoms with Crippen molar-refractivity contribution in [2.75, 3.05) is 0 Å². The lowest BCUT2D eigenvalue weighted by Gasteiger charge is -2.13. The number of imide groups is 1. The van der Waals surface area contributed by atoms with Crippen LogP contribution in [0.3, 0.4) is 0 Å². The molecule has 4 rings (SSSR count). The normalized spacial score (nSPS) is 15.1. The molecule has 3 aromatic rings. The number of thioether (sulfide) groups is 1. The minimum absolute atomic E-state index is 0.0268. The van der Waals surface area contributed by atoms with E-state index in [9.17, 15) is 24.1 Å². The van der Waals surface area contributed by atoms with E-state index in [1.54, 1.807) is 31.2 Å². The topological polar surface area (TPSA) is 93.7 Å². The molecule has 2 heterocycles. The van der Waals surface area contributed by atoms with Gasteiger partial charge in [-0.15, -0.1) is 0 Å². The van der Waals surface area contributed by atoms with Gasteiger partial charge in [-0.2, -0.15) is 0 Å². The van der Waals surface area contributed by atoms with Crippen molar-refractivity contribution >= 4 is 46.3 Å². The van der Waals surface area contributed by atoms with Crippen LogP contribution in [0, 0.1) is 22.9 Å². The molecule has 2 amide bonds. The molecule has 7 nitrogen and oxygen atoms in total. The van der Waals surface area contributed by atoms with Gasteiger partial charge in [0, 0.05) is 28.3 Å². The van der Waals surface area contributed by atoms with Gasteiger partial charge in [0.05, 0.1) is 16.4 Å². The highest BCUT2D eigenvalue weighted by Gasteiger charge is 2.35. The summed E-state index contributed by atoms with van der Waals surface area (Å²) < 4.78 is 19.0. The standard InChI is InChI=1S/C22H14ClFN2O5S/c1-12-2-3-13(8-18(12)26(29)30)19-7-6-16(31-19)10-20-21(27)25(22(28)32-20)11-14-4-5-15(24)9-17(14)23/h2-10H,11H2,1H3/b20-10+. The third-order valence-corrected chi connectivity index (χ3v) is 6.07. The number of amides is 2. The van der Waals surface area contributed by atoms with Gasteiger partial charge in [0.1, 0.15) is 17.3 Å². The fourth-order valence-corrected chi connectivity index (χ4v) is 4.18. The van der Waals surface area contributed by atoms with Crippen molar-refractivity contribution in [1.82, 2.24) is 4.90 Å². The highest BCUT2D eigenvalue weighted by atomic mass is 35.5. The third kappa shape index (κ3) is 4.30. The number of benzene rings is 2. The predicted octanol–water partition coefficient (Wildman–Crippen LogP) is 6.19. The van der Waals surface area contributed by atoms with Crippen LogP contribution in [0.1, 0.15) is 16.9 Å². The first kappa shape index (κ1) is 21.8. The number of furan rings is 1. The molecule has 1 aliphatic heterocycles. The van der Waals surface area contributed by atoms with E-state index in [0.29, 0.717) is 28.2 Å². The molecule has 32 heavy (non-hydrogen) atoms. The molecule has 10 heteroatoms. The summed E-state index contributed by atoms with van der Waals surface area (Å²) in [5.74, 6) is -0.338. The molecule has 1 fully saturated rings. The Hall–Kier alpha value is -3.43. The van der Waals surface area contributed by atoms with Gasteiger partial charge >= 0.3 is 0 Å². The van der Waals surface area contributed by atoms with E-state index in [-0.39, 0.29) is 22.2 Å². The van der Waals surface area contributed by atoms with Gasteiger partial charge in [0.25, 0.3) is 16.8 Å². The van der Waals surface area contributed by atoms with E-state index in [0.717, 1.165) is 22.7 Å². The van der Waals surface area contributed by atoms with E-state index in [1.165, 1.54) is 24.3 Å². The molecule has 0 bridgehead atoms. The fourth-order valence-electron chi connectivity index (χ4n) is 3.13.